The van der Waals surface area contributed by atoms with Crippen molar-refractivity contribution in [2.24, 2.45) is 5.73 Å². The third-order valence-electron chi connectivity index (χ3n) is 7.06. The number of aliphatic carboxylic acids is 1. The molecule has 3 N–H and O–H groups in total. The van der Waals surface area contributed by atoms with E-state index in [9.17, 15) is 9.59 Å². The van der Waals surface area contributed by atoms with E-state index in [0.29, 0.717) is 24.6 Å². The Morgan fingerprint density at radius 2 is 1.81 bits per heavy atom. The number of rotatable bonds is 7. The Morgan fingerprint density at radius 1 is 1.06 bits per heavy atom. The molecule has 1 fully saturated rings. The van der Waals surface area contributed by atoms with E-state index in [4.69, 9.17) is 15.6 Å². The lowest BCUT2D eigenvalue weighted by molar-refractivity contribution is -0.139. The molecule has 2 aromatic carbocycles. The highest BCUT2D eigenvalue weighted by atomic mass is 16.5. The fourth-order valence-electron chi connectivity index (χ4n) is 5.58. The maximum atomic E-state index is 12.2. The molecule has 0 radical (unpaired) electrons. The van der Waals surface area contributed by atoms with Gasteiger partial charge in [0.15, 0.2) is 6.61 Å². The summed E-state index contributed by atoms with van der Waals surface area (Å²) in [7, 11) is 0. The smallest absolute Gasteiger partial charge is 0.341 e. The Hall–Kier alpha value is -3.28. The number of hydrogen-bond donors (Lipinski definition) is 2. The molecule has 1 saturated carbocycles. The van der Waals surface area contributed by atoms with Crippen LogP contribution in [0.3, 0.4) is 0 Å². The molecule has 1 aromatic heterocycles. The molecule has 1 atom stereocenters. The van der Waals surface area contributed by atoms with Gasteiger partial charge in [-0.15, -0.1) is 0 Å². The van der Waals surface area contributed by atoms with E-state index in [1.54, 1.807) is 6.07 Å². The first-order chi connectivity index (χ1) is 15.5. The van der Waals surface area contributed by atoms with Gasteiger partial charge in [0.2, 0.25) is 5.91 Å². The first-order valence-corrected chi connectivity index (χ1v) is 11.4. The molecule has 1 unspecified atom stereocenters. The molecule has 6 nitrogen and oxygen atoms in total. The Balaban J connectivity index is 1.55. The van der Waals surface area contributed by atoms with Crippen molar-refractivity contribution in [3.63, 3.8) is 0 Å². The van der Waals surface area contributed by atoms with Gasteiger partial charge in [-0.2, -0.15) is 0 Å². The van der Waals surface area contributed by atoms with Crippen molar-refractivity contribution in [2.75, 3.05) is 6.61 Å². The minimum Gasteiger partial charge on any atom is -0.481 e. The van der Waals surface area contributed by atoms with Crippen molar-refractivity contribution >= 4 is 22.8 Å². The maximum absolute atomic E-state index is 12.2. The molecule has 166 valence electrons. The van der Waals surface area contributed by atoms with Gasteiger partial charge in [0.05, 0.1) is 11.4 Å². The van der Waals surface area contributed by atoms with Crippen LogP contribution in [-0.2, 0) is 22.6 Å². The summed E-state index contributed by atoms with van der Waals surface area (Å²) in [5.41, 5.74) is 11.3. The van der Waals surface area contributed by atoms with Gasteiger partial charge in [0, 0.05) is 17.6 Å². The normalized spacial score (nSPS) is 18.2. The lowest BCUT2D eigenvalue weighted by Crippen LogP contribution is -2.19. The minimum absolute atomic E-state index is 0.350. The first-order valence-electron chi connectivity index (χ1n) is 11.4. The van der Waals surface area contributed by atoms with Crippen molar-refractivity contribution in [3.05, 3.63) is 64.8 Å². The molecule has 5 rings (SSSR count). The van der Waals surface area contributed by atoms with Crippen LogP contribution in [0.2, 0.25) is 0 Å². The van der Waals surface area contributed by atoms with Crippen molar-refractivity contribution < 1.29 is 19.4 Å². The number of carboxylic acid groups (broad SMARTS) is 1. The maximum Gasteiger partial charge on any atom is 0.341 e. The Bertz CT molecular complexity index is 1170. The SMILES string of the molecule is NC(=O)C1CCc2c1c1c(OCC(=O)O)cccc1n2Cc1ccc(C2CCCC2)cc1. The molecule has 6 heteroatoms. The van der Waals surface area contributed by atoms with Gasteiger partial charge in [0.25, 0.3) is 0 Å². The van der Waals surface area contributed by atoms with Gasteiger partial charge in [0.1, 0.15) is 5.75 Å². The third kappa shape index (κ3) is 3.64. The lowest BCUT2D eigenvalue weighted by atomic mass is 9.97. The number of carbonyl (C=O) groups excluding carboxylic acids is 1. The highest BCUT2D eigenvalue weighted by Gasteiger charge is 2.34. The molecular formula is C26H28N2O4. The molecular weight excluding hydrogens is 404 g/mol. The summed E-state index contributed by atoms with van der Waals surface area (Å²) in [4.78, 5) is 23.3. The zero-order valence-electron chi connectivity index (χ0n) is 18.0. The summed E-state index contributed by atoms with van der Waals surface area (Å²) < 4.78 is 7.85. The van der Waals surface area contributed by atoms with Gasteiger partial charge in [-0.25, -0.2) is 4.79 Å². The van der Waals surface area contributed by atoms with Crippen LogP contribution >= 0.6 is 0 Å². The number of ether oxygens (including phenoxy) is 1. The Morgan fingerprint density at radius 3 is 2.50 bits per heavy atom. The van der Waals surface area contributed by atoms with Crippen LogP contribution in [0.5, 0.6) is 5.75 Å². The zero-order chi connectivity index (χ0) is 22.2. The summed E-state index contributed by atoms with van der Waals surface area (Å²) in [6.45, 7) is 0.258. The predicted octanol–water partition coefficient (Wildman–Crippen LogP) is 4.33. The van der Waals surface area contributed by atoms with Crippen LogP contribution in [0.4, 0.5) is 0 Å². The minimum atomic E-state index is -1.04. The van der Waals surface area contributed by atoms with Gasteiger partial charge in [-0.05, 0) is 60.4 Å². The third-order valence-corrected chi connectivity index (χ3v) is 7.06. The van der Waals surface area contributed by atoms with Crippen LogP contribution in [0.15, 0.2) is 42.5 Å². The van der Waals surface area contributed by atoms with E-state index in [0.717, 1.165) is 28.6 Å². The van der Waals surface area contributed by atoms with E-state index >= 15 is 0 Å². The monoisotopic (exact) mass is 432 g/mol. The van der Waals surface area contributed by atoms with Crippen LogP contribution < -0.4 is 10.5 Å². The van der Waals surface area contributed by atoms with E-state index in [-0.39, 0.29) is 11.8 Å². The molecule has 1 heterocycles. The van der Waals surface area contributed by atoms with Crippen LogP contribution in [0, 0.1) is 0 Å². The number of nitrogens with two attached hydrogens (primary N) is 1. The van der Waals surface area contributed by atoms with E-state index in [2.05, 4.69) is 28.8 Å². The molecule has 0 aliphatic heterocycles. The van der Waals surface area contributed by atoms with Crippen LogP contribution in [-0.4, -0.2) is 28.2 Å². The van der Waals surface area contributed by atoms with Crippen molar-refractivity contribution in [3.8, 4) is 5.75 Å². The summed E-state index contributed by atoms with van der Waals surface area (Å²) in [5, 5.41) is 9.89. The highest BCUT2D eigenvalue weighted by molar-refractivity contribution is 5.97. The Labute approximate surface area is 187 Å². The molecule has 2 aliphatic carbocycles. The number of fused-ring (bicyclic) bond motifs is 3. The number of carboxylic acids is 1. The van der Waals surface area contributed by atoms with Gasteiger partial charge in [-0.1, -0.05) is 43.2 Å². The fraction of sp³-hybridized carbons (Fsp3) is 0.385. The molecule has 1 amide bonds. The lowest BCUT2D eigenvalue weighted by Gasteiger charge is -2.13. The van der Waals surface area contributed by atoms with Crippen LogP contribution in [0.1, 0.15) is 66.3 Å². The molecule has 0 saturated heterocycles. The molecule has 3 aromatic rings. The van der Waals surface area contributed by atoms with Crippen molar-refractivity contribution in [2.45, 2.75) is 56.9 Å². The summed E-state index contributed by atoms with van der Waals surface area (Å²) in [6, 6.07) is 14.6. The zero-order valence-corrected chi connectivity index (χ0v) is 18.0. The highest BCUT2D eigenvalue weighted by Crippen LogP contribution is 2.44. The average molecular weight is 433 g/mol. The molecule has 0 bridgehead atoms. The number of nitrogens with zero attached hydrogens (tertiary/aromatic N) is 1. The van der Waals surface area contributed by atoms with Crippen molar-refractivity contribution in [1.29, 1.82) is 0 Å². The second-order valence-electron chi connectivity index (χ2n) is 9.00. The largest absolute Gasteiger partial charge is 0.481 e. The van der Waals surface area contributed by atoms with Gasteiger partial charge < -0.3 is 20.1 Å². The van der Waals surface area contributed by atoms with Gasteiger partial charge >= 0.3 is 5.97 Å². The summed E-state index contributed by atoms with van der Waals surface area (Å²) in [5.74, 6) is -0.590. The number of benzene rings is 2. The topological polar surface area (TPSA) is 94.6 Å². The average Bonchev–Trinajstić information content (AvgIpc) is 3.51. The van der Waals surface area contributed by atoms with Crippen molar-refractivity contribution in [1.82, 2.24) is 4.57 Å². The standard InChI is InChI=1S/C26H28N2O4/c27-26(31)19-12-13-21-24(19)25-20(6-3-7-22(25)32-15-23(29)30)28(21)14-16-8-10-18(11-9-16)17-4-1-2-5-17/h3,6-11,17,19H,1-2,4-5,12-15H2,(H2,27,31)(H,29,30). The van der Waals surface area contributed by atoms with Crippen LogP contribution in [0.25, 0.3) is 10.9 Å². The number of amides is 1. The van der Waals surface area contributed by atoms with E-state index in [1.165, 1.54) is 36.8 Å². The quantitative estimate of drug-likeness (QED) is 0.581. The number of carbonyl (C=O) groups is 2. The molecule has 32 heavy (non-hydrogen) atoms. The van der Waals surface area contributed by atoms with Gasteiger partial charge in [-0.3, -0.25) is 4.79 Å². The number of aromatic nitrogens is 1. The van der Waals surface area contributed by atoms with E-state index in [1.807, 2.05) is 12.1 Å². The molecule has 0 spiro atoms. The second kappa shape index (κ2) is 8.34. The number of hydrogen-bond acceptors (Lipinski definition) is 3. The van der Waals surface area contributed by atoms with E-state index < -0.39 is 12.6 Å². The number of primary amides is 1. The summed E-state index contributed by atoms with van der Waals surface area (Å²) in [6.07, 6.45) is 6.63. The first kappa shape index (κ1) is 20.6. The second-order valence-corrected chi connectivity index (χ2v) is 9.00. The Kier molecular flexibility index (Phi) is 5.37. The predicted molar refractivity (Wildman–Crippen MR) is 122 cm³/mol. The fourth-order valence-corrected chi connectivity index (χ4v) is 5.58. The summed E-state index contributed by atoms with van der Waals surface area (Å²) >= 11 is 0. The molecule has 2 aliphatic rings.